The van der Waals surface area contributed by atoms with Gasteiger partial charge in [0, 0.05) is 23.6 Å². The number of nitrogens with zero attached hydrogens (tertiary/aromatic N) is 2. The number of hydrogen-bond donors (Lipinski definition) is 1. The monoisotopic (exact) mass is 597 g/mol. The van der Waals surface area contributed by atoms with Crippen LogP contribution >= 0.6 is 11.6 Å². The third-order valence-electron chi connectivity index (χ3n) is 6.16. The van der Waals surface area contributed by atoms with Gasteiger partial charge in [-0.3, -0.25) is 9.52 Å². The highest BCUT2D eigenvalue weighted by Crippen LogP contribution is 2.24. The normalized spacial score (nSPS) is 11.4. The molecule has 11 heteroatoms. The first kappa shape index (κ1) is 30.1. The van der Waals surface area contributed by atoms with E-state index in [-0.39, 0.29) is 13.2 Å². The maximum atomic E-state index is 13.4. The van der Waals surface area contributed by atoms with Crippen LogP contribution in [0, 0.1) is 13.8 Å². The summed E-state index contributed by atoms with van der Waals surface area (Å²) in [5.41, 5.74) is 3.34. The van der Waals surface area contributed by atoms with Crippen LogP contribution in [0.15, 0.2) is 77.2 Å². The lowest BCUT2D eigenvalue weighted by Crippen LogP contribution is -2.39. The van der Waals surface area contributed by atoms with Gasteiger partial charge in [0.15, 0.2) is 0 Å². The molecule has 1 heterocycles. The summed E-state index contributed by atoms with van der Waals surface area (Å²) in [6.45, 7) is 5.20. The van der Waals surface area contributed by atoms with Crippen LogP contribution in [-0.4, -0.2) is 43.4 Å². The molecule has 0 aliphatic carbocycles. The molecule has 3 aromatic carbocycles. The van der Waals surface area contributed by atoms with E-state index in [2.05, 4.69) is 9.71 Å². The van der Waals surface area contributed by atoms with Crippen molar-refractivity contribution in [3.8, 4) is 17.2 Å². The fourth-order valence-electron chi connectivity index (χ4n) is 4.09. The lowest BCUT2D eigenvalue weighted by molar-refractivity contribution is -0.143. The van der Waals surface area contributed by atoms with E-state index < -0.39 is 22.7 Å². The quantitative estimate of drug-likeness (QED) is 0.189. The number of hydrogen-bond acceptors (Lipinski definition) is 7. The molecule has 0 atom stereocenters. The van der Waals surface area contributed by atoms with Crippen molar-refractivity contribution >= 4 is 33.5 Å². The molecule has 0 fully saturated rings. The smallest absolute Gasteiger partial charge is 0.321 e. The van der Waals surface area contributed by atoms with Crippen LogP contribution in [0.4, 0.5) is 5.69 Å². The van der Waals surface area contributed by atoms with E-state index in [1.807, 2.05) is 37.3 Å². The molecule has 0 amide bonds. The summed E-state index contributed by atoms with van der Waals surface area (Å²) in [5.74, 6) is 1.19. The minimum atomic E-state index is -4.13. The molecule has 0 spiro atoms. The highest BCUT2D eigenvalue weighted by molar-refractivity contribution is 7.90. The highest BCUT2D eigenvalue weighted by Gasteiger charge is 2.26. The topological polar surface area (TPSA) is 111 Å². The number of halogens is 1. The summed E-state index contributed by atoms with van der Waals surface area (Å²) in [6.07, 6.45) is 0.528. The van der Waals surface area contributed by atoms with Crippen LogP contribution < -0.4 is 9.46 Å². The molecular weight excluding hydrogens is 566 g/mol. The number of esters is 1. The third-order valence-corrected chi connectivity index (χ3v) is 7.81. The number of ether oxygens (including phenoxy) is 2. The van der Waals surface area contributed by atoms with E-state index in [1.54, 1.807) is 56.3 Å². The van der Waals surface area contributed by atoms with Crippen LogP contribution in [0.1, 0.15) is 29.5 Å². The zero-order valence-corrected chi connectivity index (χ0v) is 24.7. The fourth-order valence-corrected chi connectivity index (χ4v) is 5.55. The predicted octanol–water partition coefficient (Wildman–Crippen LogP) is 5.96. The molecule has 0 aliphatic rings. The maximum absolute atomic E-state index is 13.4. The first-order chi connectivity index (χ1) is 19.6. The number of oxazole rings is 1. The van der Waals surface area contributed by atoms with E-state index in [0.29, 0.717) is 46.5 Å². The Morgan fingerprint density at radius 1 is 1.05 bits per heavy atom. The van der Waals surface area contributed by atoms with Crippen molar-refractivity contribution in [2.24, 2.45) is 0 Å². The van der Waals surface area contributed by atoms with Gasteiger partial charge in [0.25, 0.3) is 0 Å². The van der Waals surface area contributed by atoms with Crippen molar-refractivity contribution in [3.05, 3.63) is 100 Å². The van der Waals surface area contributed by atoms with Crippen molar-refractivity contribution < 1.29 is 27.1 Å². The third kappa shape index (κ3) is 8.32. The SMILES string of the molecule is CCOC(=O)CN(Cc1cccc(OCCc2nc(-c3ccccc3)oc2C)c1)S(=O)(=O)Nc1ccc(Cl)cc1C. The molecule has 216 valence electrons. The van der Waals surface area contributed by atoms with Gasteiger partial charge in [-0.2, -0.15) is 12.7 Å². The van der Waals surface area contributed by atoms with E-state index in [0.717, 1.165) is 21.3 Å². The molecule has 0 bridgehead atoms. The van der Waals surface area contributed by atoms with Crippen LogP contribution in [0.2, 0.25) is 5.02 Å². The molecule has 4 aromatic rings. The van der Waals surface area contributed by atoms with E-state index in [9.17, 15) is 13.2 Å². The van der Waals surface area contributed by atoms with Crippen LogP contribution in [0.25, 0.3) is 11.5 Å². The molecule has 0 aliphatic heterocycles. The van der Waals surface area contributed by atoms with Crippen molar-refractivity contribution in [1.82, 2.24) is 9.29 Å². The fraction of sp³-hybridized carbons (Fsp3) is 0.267. The average Bonchev–Trinajstić information content (AvgIpc) is 3.31. The predicted molar refractivity (Wildman–Crippen MR) is 158 cm³/mol. The molecule has 0 saturated carbocycles. The summed E-state index contributed by atoms with van der Waals surface area (Å²) in [4.78, 5) is 16.9. The van der Waals surface area contributed by atoms with E-state index >= 15 is 0 Å². The largest absolute Gasteiger partial charge is 0.493 e. The van der Waals surface area contributed by atoms with Crippen LogP contribution in [0.5, 0.6) is 5.75 Å². The van der Waals surface area contributed by atoms with Gasteiger partial charge >= 0.3 is 16.2 Å². The Labute approximate surface area is 245 Å². The van der Waals surface area contributed by atoms with Gasteiger partial charge in [-0.05, 0) is 74.4 Å². The lowest BCUT2D eigenvalue weighted by atomic mass is 10.2. The number of aromatic nitrogens is 1. The van der Waals surface area contributed by atoms with Crippen molar-refractivity contribution in [2.75, 3.05) is 24.5 Å². The zero-order valence-electron chi connectivity index (χ0n) is 23.1. The molecule has 4 rings (SSSR count). The molecular formula is C30H32ClN3O6S. The Morgan fingerprint density at radius 3 is 2.56 bits per heavy atom. The highest BCUT2D eigenvalue weighted by atomic mass is 35.5. The Hall–Kier alpha value is -3.86. The minimum Gasteiger partial charge on any atom is -0.493 e. The van der Waals surface area contributed by atoms with Gasteiger partial charge in [0.2, 0.25) is 5.89 Å². The molecule has 41 heavy (non-hydrogen) atoms. The van der Waals surface area contributed by atoms with E-state index in [4.69, 9.17) is 25.5 Å². The first-order valence-electron chi connectivity index (χ1n) is 13.1. The van der Waals surface area contributed by atoms with Crippen molar-refractivity contribution in [3.63, 3.8) is 0 Å². The number of nitrogens with one attached hydrogen (secondary N) is 1. The standard InChI is InChI=1S/C30H32ClN3O6S/c1-4-38-29(35)20-34(41(36,37)33-27-14-13-25(31)17-21(27)2)19-23-9-8-12-26(18-23)39-16-15-28-22(3)40-30(32-28)24-10-6-5-7-11-24/h5-14,17-18,33H,4,15-16,19-20H2,1-3H3. The Kier molecular flexibility index (Phi) is 10.0. The summed E-state index contributed by atoms with van der Waals surface area (Å²) >= 11 is 6.01. The number of aryl methyl sites for hydroxylation is 2. The molecule has 1 aromatic heterocycles. The minimum absolute atomic E-state index is 0.0825. The van der Waals surface area contributed by atoms with Gasteiger partial charge in [0.1, 0.15) is 18.1 Å². The van der Waals surface area contributed by atoms with Crippen molar-refractivity contribution in [1.29, 1.82) is 0 Å². The molecule has 0 unspecified atom stereocenters. The number of benzene rings is 3. The van der Waals surface area contributed by atoms with Crippen molar-refractivity contribution in [2.45, 2.75) is 33.7 Å². The Morgan fingerprint density at radius 2 is 1.83 bits per heavy atom. The summed E-state index contributed by atoms with van der Waals surface area (Å²) in [7, 11) is -4.13. The van der Waals surface area contributed by atoms with Crippen LogP contribution in [-0.2, 0) is 32.7 Å². The molecule has 0 saturated heterocycles. The second kappa shape index (κ2) is 13.7. The maximum Gasteiger partial charge on any atom is 0.321 e. The summed E-state index contributed by atoms with van der Waals surface area (Å²) < 4.78 is 47.1. The first-order valence-corrected chi connectivity index (χ1v) is 14.9. The number of carbonyl (C=O) groups excluding carboxylic acids is 1. The van der Waals surface area contributed by atoms with Gasteiger partial charge in [-0.1, -0.05) is 41.9 Å². The molecule has 0 radical (unpaired) electrons. The average molecular weight is 598 g/mol. The van der Waals surface area contributed by atoms with Crippen LogP contribution in [0.3, 0.4) is 0 Å². The second-order valence-corrected chi connectivity index (χ2v) is 11.4. The summed E-state index contributed by atoms with van der Waals surface area (Å²) in [5, 5.41) is 0.487. The van der Waals surface area contributed by atoms with Gasteiger partial charge in [-0.25, -0.2) is 4.98 Å². The number of anilines is 1. The number of rotatable bonds is 13. The molecule has 9 nitrogen and oxygen atoms in total. The second-order valence-electron chi connectivity index (χ2n) is 9.27. The lowest BCUT2D eigenvalue weighted by Gasteiger charge is -2.23. The Balaban J connectivity index is 1.44. The zero-order chi connectivity index (χ0) is 29.4. The van der Waals surface area contributed by atoms with E-state index in [1.165, 1.54) is 0 Å². The molecule has 1 N–H and O–H groups in total. The summed E-state index contributed by atoms with van der Waals surface area (Å²) in [6, 6.07) is 21.6. The Bertz CT molecular complexity index is 1590. The van der Waals surface area contributed by atoms with Gasteiger partial charge in [-0.15, -0.1) is 0 Å². The van der Waals surface area contributed by atoms with Gasteiger partial charge < -0.3 is 13.9 Å². The van der Waals surface area contributed by atoms with Gasteiger partial charge in [0.05, 0.1) is 24.6 Å². The number of carbonyl (C=O) groups is 1.